The number of hydrogen-bond acceptors (Lipinski definition) is 1. The number of fused-ring (bicyclic) bond motifs is 2. The van der Waals surface area contributed by atoms with Crippen molar-refractivity contribution in [1.29, 1.82) is 0 Å². The second-order valence-corrected chi connectivity index (χ2v) is 5.56. The molecule has 0 aliphatic carbocycles. The number of carbonyl (C=O) groups is 1. The van der Waals surface area contributed by atoms with Crippen LogP contribution in [0.2, 0.25) is 0 Å². The predicted octanol–water partition coefficient (Wildman–Crippen LogP) is 5.36. The second-order valence-electron chi connectivity index (χ2n) is 5.56. The van der Waals surface area contributed by atoms with Gasteiger partial charge in [-0.3, -0.25) is 4.79 Å². The first-order valence-corrected chi connectivity index (χ1v) is 7.44. The zero-order valence-electron chi connectivity index (χ0n) is 12.3. The molecule has 110 valence electrons. The molecule has 0 fully saturated rings. The van der Waals surface area contributed by atoms with Gasteiger partial charge in [0.1, 0.15) is 5.82 Å². The van der Waals surface area contributed by atoms with Gasteiger partial charge in [0.05, 0.1) is 0 Å². The van der Waals surface area contributed by atoms with Crippen LogP contribution in [0.4, 0.5) is 4.39 Å². The van der Waals surface area contributed by atoms with Crippen LogP contribution in [0.5, 0.6) is 0 Å². The van der Waals surface area contributed by atoms with Gasteiger partial charge in [-0.2, -0.15) is 0 Å². The Labute approximate surface area is 133 Å². The van der Waals surface area contributed by atoms with E-state index in [0.29, 0.717) is 11.1 Å². The molecule has 1 nitrogen and oxygen atoms in total. The molecule has 23 heavy (non-hydrogen) atoms. The van der Waals surface area contributed by atoms with E-state index in [4.69, 9.17) is 0 Å². The summed E-state index contributed by atoms with van der Waals surface area (Å²) in [6, 6.07) is 23.6. The topological polar surface area (TPSA) is 17.1 Å². The lowest BCUT2D eigenvalue weighted by Crippen LogP contribution is -2.02. The van der Waals surface area contributed by atoms with Crippen molar-refractivity contribution in [2.75, 3.05) is 0 Å². The Balaban J connectivity index is 1.94. The third-order valence-corrected chi connectivity index (χ3v) is 4.10. The molecule has 0 bridgehead atoms. The number of benzene rings is 4. The third kappa shape index (κ3) is 2.38. The maximum atomic E-state index is 13.1. The molecule has 2 heteroatoms. The smallest absolute Gasteiger partial charge is 0.193 e. The van der Waals surface area contributed by atoms with Crippen molar-refractivity contribution in [3.8, 4) is 0 Å². The highest BCUT2D eigenvalue weighted by Gasteiger charge is 2.13. The zero-order valence-corrected chi connectivity index (χ0v) is 12.3. The van der Waals surface area contributed by atoms with Crippen molar-refractivity contribution >= 4 is 27.3 Å². The molecule has 0 aromatic heterocycles. The summed E-state index contributed by atoms with van der Waals surface area (Å²) >= 11 is 0. The van der Waals surface area contributed by atoms with Crippen LogP contribution in [0, 0.1) is 5.82 Å². The minimum Gasteiger partial charge on any atom is -0.289 e. The van der Waals surface area contributed by atoms with E-state index < -0.39 is 0 Å². The molecular weight excluding hydrogens is 287 g/mol. The molecule has 0 radical (unpaired) electrons. The van der Waals surface area contributed by atoms with Gasteiger partial charge in [0.15, 0.2) is 5.78 Å². The van der Waals surface area contributed by atoms with Crippen LogP contribution in [0.1, 0.15) is 15.9 Å². The SMILES string of the molecule is O=C(c1ccc(F)cc1)c1cccc2cc3ccccc3cc12. The molecule has 0 aliphatic heterocycles. The standard InChI is InChI=1S/C21H13FO/c22-18-10-8-14(9-11-18)21(23)19-7-3-6-17-12-15-4-1-2-5-16(15)13-20(17)19/h1-13H. The van der Waals surface area contributed by atoms with E-state index in [0.717, 1.165) is 21.5 Å². The van der Waals surface area contributed by atoms with Gasteiger partial charge in [-0.15, -0.1) is 0 Å². The lowest BCUT2D eigenvalue weighted by Gasteiger charge is -2.08. The predicted molar refractivity (Wildman–Crippen MR) is 91.3 cm³/mol. The normalized spacial score (nSPS) is 11.0. The van der Waals surface area contributed by atoms with E-state index >= 15 is 0 Å². The van der Waals surface area contributed by atoms with Crippen molar-refractivity contribution in [2.24, 2.45) is 0 Å². The second kappa shape index (κ2) is 5.33. The molecule has 4 rings (SSSR count). The Bertz CT molecular complexity index is 1030. The van der Waals surface area contributed by atoms with E-state index in [1.54, 1.807) is 0 Å². The summed E-state index contributed by atoms with van der Waals surface area (Å²) in [4.78, 5) is 12.8. The van der Waals surface area contributed by atoms with Crippen LogP contribution in [-0.2, 0) is 0 Å². The molecule has 0 saturated heterocycles. The lowest BCUT2D eigenvalue weighted by atomic mass is 9.95. The Morgan fingerprint density at radius 2 is 1.35 bits per heavy atom. The highest BCUT2D eigenvalue weighted by molar-refractivity contribution is 6.17. The van der Waals surface area contributed by atoms with E-state index in [9.17, 15) is 9.18 Å². The number of rotatable bonds is 2. The molecule has 0 N–H and O–H groups in total. The summed E-state index contributed by atoms with van der Waals surface area (Å²) in [7, 11) is 0. The van der Waals surface area contributed by atoms with Gasteiger partial charge in [0.2, 0.25) is 0 Å². The Morgan fingerprint density at radius 1 is 0.696 bits per heavy atom. The zero-order chi connectivity index (χ0) is 15.8. The van der Waals surface area contributed by atoms with Gasteiger partial charge in [-0.05, 0) is 57.9 Å². The largest absolute Gasteiger partial charge is 0.289 e. The number of carbonyl (C=O) groups excluding carboxylic acids is 1. The van der Waals surface area contributed by atoms with E-state index in [1.165, 1.54) is 24.3 Å². The quantitative estimate of drug-likeness (QED) is 0.359. The fourth-order valence-corrected chi connectivity index (χ4v) is 2.92. The number of hydrogen-bond donors (Lipinski definition) is 0. The molecule has 0 spiro atoms. The van der Waals surface area contributed by atoms with E-state index in [2.05, 4.69) is 12.1 Å². The van der Waals surface area contributed by atoms with Crippen LogP contribution in [0.15, 0.2) is 78.9 Å². The molecule has 4 aromatic rings. The van der Waals surface area contributed by atoms with Gasteiger partial charge in [-0.1, -0.05) is 42.5 Å². The minimum atomic E-state index is -0.342. The molecule has 0 atom stereocenters. The first-order valence-electron chi connectivity index (χ1n) is 7.44. The van der Waals surface area contributed by atoms with Crippen molar-refractivity contribution in [1.82, 2.24) is 0 Å². The molecular formula is C21H13FO. The van der Waals surface area contributed by atoms with Crippen molar-refractivity contribution in [2.45, 2.75) is 0 Å². The highest BCUT2D eigenvalue weighted by atomic mass is 19.1. The monoisotopic (exact) mass is 300 g/mol. The highest BCUT2D eigenvalue weighted by Crippen LogP contribution is 2.27. The van der Waals surface area contributed by atoms with Crippen LogP contribution in [0.25, 0.3) is 21.5 Å². The van der Waals surface area contributed by atoms with Crippen LogP contribution in [0.3, 0.4) is 0 Å². The van der Waals surface area contributed by atoms with Crippen LogP contribution in [-0.4, -0.2) is 5.78 Å². The summed E-state index contributed by atoms with van der Waals surface area (Å²) in [6.45, 7) is 0. The summed E-state index contributed by atoms with van der Waals surface area (Å²) in [5, 5.41) is 4.18. The van der Waals surface area contributed by atoms with Gasteiger partial charge in [0.25, 0.3) is 0 Å². The fourth-order valence-electron chi connectivity index (χ4n) is 2.92. The molecule has 0 unspecified atom stereocenters. The average molecular weight is 300 g/mol. The average Bonchev–Trinajstić information content (AvgIpc) is 2.59. The number of halogens is 1. The number of ketones is 1. The fraction of sp³-hybridized carbons (Fsp3) is 0. The molecule has 0 amide bonds. The first kappa shape index (κ1) is 13.6. The van der Waals surface area contributed by atoms with Gasteiger partial charge < -0.3 is 0 Å². The Morgan fingerprint density at radius 3 is 2.09 bits per heavy atom. The Hall–Kier alpha value is -3.00. The van der Waals surface area contributed by atoms with Gasteiger partial charge in [0, 0.05) is 11.1 Å². The van der Waals surface area contributed by atoms with Crippen LogP contribution < -0.4 is 0 Å². The maximum Gasteiger partial charge on any atom is 0.193 e. The minimum absolute atomic E-state index is 0.0918. The van der Waals surface area contributed by atoms with Crippen molar-refractivity contribution in [3.63, 3.8) is 0 Å². The van der Waals surface area contributed by atoms with Gasteiger partial charge in [-0.25, -0.2) is 4.39 Å². The van der Waals surface area contributed by atoms with Gasteiger partial charge >= 0.3 is 0 Å². The summed E-state index contributed by atoms with van der Waals surface area (Å²) in [5.74, 6) is -0.434. The summed E-state index contributed by atoms with van der Waals surface area (Å²) < 4.78 is 13.1. The summed E-state index contributed by atoms with van der Waals surface area (Å²) in [6.07, 6.45) is 0. The van der Waals surface area contributed by atoms with Crippen LogP contribution >= 0.6 is 0 Å². The van der Waals surface area contributed by atoms with E-state index in [-0.39, 0.29) is 11.6 Å². The third-order valence-electron chi connectivity index (χ3n) is 4.10. The molecule has 0 saturated carbocycles. The van der Waals surface area contributed by atoms with Crippen molar-refractivity contribution < 1.29 is 9.18 Å². The Kier molecular flexibility index (Phi) is 3.16. The summed E-state index contributed by atoms with van der Waals surface area (Å²) in [5.41, 5.74) is 1.13. The molecule has 4 aromatic carbocycles. The lowest BCUT2D eigenvalue weighted by molar-refractivity contribution is 0.104. The molecule has 0 aliphatic rings. The first-order chi connectivity index (χ1) is 11.2. The van der Waals surface area contributed by atoms with E-state index in [1.807, 2.05) is 42.5 Å². The van der Waals surface area contributed by atoms with Crippen molar-refractivity contribution in [3.05, 3.63) is 95.8 Å². The molecule has 0 heterocycles. The maximum absolute atomic E-state index is 13.1.